The molecule has 1 aromatic carbocycles. The van der Waals surface area contributed by atoms with Crippen molar-refractivity contribution in [3.05, 3.63) is 71.8 Å². The third-order valence-corrected chi connectivity index (χ3v) is 5.29. The zero-order valence-electron chi connectivity index (χ0n) is 18.4. The number of rotatable bonds is 6. The summed E-state index contributed by atoms with van der Waals surface area (Å²) in [6, 6.07) is 12.1. The zero-order chi connectivity index (χ0) is 23.8. The molecular formula is C24H23F3N4O2. The van der Waals surface area contributed by atoms with Crippen LogP contribution >= 0.6 is 0 Å². The number of amides is 1. The predicted octanol–water partition coefficient (Wildman–Crippen LogP) is 5.79. The van der Waals surface area contributed by atoms with Gasteiger partial charge >= 0.3 is 6.18 Å². The van der Waals surface area contributed by atoms with Crippen molar-refractivity contribution < 1.29 is 22.4 Å². The third kappa shape index (κ3) is 4.76. The molecule has 3 heterocycles. The molecule has 6 nitrogen and oxygen atoms in total. The van der Waals surface area contributed by atoms with Gasteiger partial charge in [-0.25, -0.2) is 9.67 Å². The molecule has 0 radical (unpaired) electrons. The average Bonchev–Trinajstić information content (AvgIpc) is 3.41. The number of aryl methyl sites for hydroxylation is 1. The molecule has 0 unspecified atom stereocenters. The number of nitrogens with zero attached hydrogens (tertiary/aromatic N) is 4. The van der Waals surface area contributed by atoms with E-state index in [2.05, 4.69) is 5.10 Å². The Hall–Kier alpha value is -3.62. The average molecular weight is 456 g/mol. The lowest BCUT2D eigenvalue weighted by Crippen LogP contribution is -2.38. The molecule has 0 spiro atoms. The SMILES string of the molecule is Cc1ccccc1-c1cc(C(=O)N(Cc2ccco2)CC(F)(F)F)c2cnn(C(C)C)c2n1. The van der Waals surface area contributed by atoms with Gasteiger partial charge in [-0.15, -0.1) is 0 Å². The van der Waals surface area contributed by atoms with Gasteiger partial charge in [0.25, 0.3) is 5.91 Å². The number of hydrogen-bond donors (Lipinski definition) is 0. The minimum atomic E-state index is -4.57. The Labute approximate surface area is 188 Å². The Morgan fingerprint density at radius 3 is 2.58 bits per heavy atom. The highest BCUT2D eigenvalue weighted by Gasteiger charge is 2.35. The van der Waals surface area contributed by atoms with E-state index in [9.17, 15) is 18.0 Å². The van der Waals surface area contributed by atoms with Crippen LogP contribution in [0.1, 0.15) is 41.6 Å². The normalized spacial score (nSPS) is 12.0. The monoisotopic (exact) mass is 456 g/mol. The lowest BCUT2D eigenvalue weighted by molar-refractivity contribution is -0.142. The Morgan fingerprint density at radius 2 is 1.94 bits per heavy atom. The molecule has 0 bridgehead atoms. The molecule has 9 heteroatoms. The largest absolute Gasteiger partial charge is 0.467 e. The first-order chi connectivity index (χ1) is 15.6. The predicted molar refractivity (Wildman–Crippen MR) is 118 cm³/mol. The Morgan fingerprint density at radius 1 is 1.18 bits per heavy atom. The molecule has 0 atom stereocenters. The molecule has 4 rings (SSSR count). The first-order valence-corrected chi connectivity index (χ1v) is 10.5. The van der Waals surface area contributed by atoms with Crippen LogP contribution < -0.4 is 0 Å². The number of halogens is 3. The number of furan rings is 1. The van der Waals surface area contributed by atoms with E-state index >= 15 is 0 Å². The fraction of sp³-hybridized carbons (Fsp3) is 0.292. The van der Waals surface area contributed by atoms with E-state index < -0.39 is 18.6 Å². The van der Waals surface area contributed by atoms with E-state index in [1.807, 2.05) is 45.0 Å². The summed E-state index contributed by atoms with van der Waals surface area (Å²) in [4.78, 5) is 19.0. The van der Waals surface area contributed by atoms with Gasteiger partial charge in [0.15, 0.2) is 5.65 Å². The molecular weight excluding hydrogens is 433 g/mol. The summed E-state index contributed by atoms with van der Waals surface area (Å²) in [5.74, 6) is -0.510. The second-order valence-electron chi connectivity index (χ2n) is 8.15. The van der Waals surface area contributed by atoms with Crippen LogP contribution in [0.15, 0.2) is 59.3 Å². The highest BCUT2D eigenvalue weighted by molar-refractivity contribution is 6.06. The van der Waals surface area contributed by atoms with E-state index in [0.717, 1.165) is 16.0 Å². The minimum Gasteiger partial charge on any atom is -0.467 e. The molecule has 0 aliphatic heterocycles. The first kappa shape index (κ1) is 22.6. The maximum Gasteiger partial charge on any atom is 0.406 e. The lowest BCUT2D eigenvalue weighted by Gasteiger charge is -2.23. The van der Waals surface area contributed by atoms with Crippen LogP contribution in [0.5, 0.6) is 0 Å². The van der Waals surface area contributed by atoms with Crippen molar-refractivity contribution in [2.24, 2.45) is 0 Å². The molecule has 33 heavy (non-hydrogen) atoms. The molecule has 0 fully saturated rings. The van der Waals surface area contributed by atoms with E-state index in [1.54, 1.807) is 16.8 Å². The van der Waals surface area contributed by atoms with Crippen LogP contribution in [0.2, 0.25) is 0 Å². The van der Waals surface area contributed by atoms with Gasteiger partial charge in [0, 0.05) is 11.6 Å². The molecule has 172 valence electrons. The van der Waals surface area contributed by atoms with Crippen molar-refractivity contribution in [3.63, 3.8) is 0 Å². The van der Waals surface area contributed by atoms with Crippen molar-refractivity contribution in [2.75, 3.05) is 6.54 Å². The van der Waals surface area contributed by atoms with E-state index in [-0.39, 0.29) is 23.9 Å². The Bertz CT molecular complexity index is 1280. The number of carbonyl (C=O) groups is 1. The quantitative estimate of drug-likeness (QED) is 0.369. The standard InChI is InChI=1S/C24H23F3N4O2/c1-15(2)31-22-20(12-28-31)19(11-21(29-22)18-9-5-4-7-16(18)3)23(32)30(14-24(25,26)27)13-17-8-6-10-33-17/h4-12,15H,13-14H2,1-3H3. The lowest BCUT2D eigenvalue weighted by atomic mass is 10.0. The van der Waals surface area contributed by atoms with Crippen LogP contribution in [-0.2, 0) is 6.54 Å². The van der Waals surface area contributed by atoms with Crippen molar-refractivity contribution in [2.45, 2.75) is 39.5 Å². The third-order valence-electron chi connectivity index (χ3n) is 5.29. The number of hydrogen-bond acceptors (Lipinski definition) is 4. The Balaban J connectivity index is 1.88. The van der Waals surface area contributed by atoms with Crippen LogP contribution in [-0.4, -0.2) is 38.3 Å². The van der Waals surface area contributed by atoms with Crippen molar-refractivity contribution in [1.82, 2.24) is 19.7 Å². The molecule has 0 N–H and O–H groups in total. The number of pyridine rings is 1. The summed E-state index contributed by atoms with van der Waals surface area (Å²) in [6.45, 7) is 4.03. The summed E-state index contributed by atoms with van der Waals surface area (Å²) in [6.07, 6.45) is -1.73. The van der Waals surface area contributed by atoms with Gasteiger partial charge in [0.1, 0.15) is 12.3 Å². The van der Waals surface area contributed by atoms with Gasteiger partial charge < -0.3 is 9.32 Å². The van der Waals surface area contributed by atoms with Crippen molar-refractivity contribution >= 4 is 16.9 Å². The number of carbonyl (C=O) groups excluding carboxylic acids is 1. The number of alkyl halides is 3. The van der Waals surface area contributed by atoms with Gasteiger partial charge in [-0.05, 0) is 44.5 Å². The maximum atomic E-state index is 13.5. The molecule has 0 saturated heterocycles. The summed E-state index contributed by atoms with van der Waals surface area (Å²) < 4.78 is 47.0. The summed E-state index contributed by atoms with van der Waals surface area (Å²) in [5, 5.41) is 4.75. The smallest absolute Gasteiger partial charge is 0.406 e. The molecule has 0 saturated carbocycles. The zero-order valence-corrected chi connectivity index (χ0v) is 18.4. The van der Waals surface area contributed by atoms with Gasteiger partial charge in [-0.1, -0.05) is 24.3 Å². The first-order valence-electron chi connectivity index (χ1n) is 10.5. The van der Waals surface area contributed by atoms with Crippen LogP contribution in [0.25, 0.3) is 22.3 Å². The molecule has 1 amide bonds. The number of aromatic nitrogens is 3. The van der Waals surface area contributed by atoms with Crippen molar-refractivity contribution in [1.29, 1.82) is 0 Å². The highest BCUT2D eigenvalue weighted by Crippen LogP contribution is 2.30. The van der Waals surface area contributed by atoms with Gasteiger partial charge in [-0.2, -0.15) is 18.3 Å². The summed E-state index contributed by atoms with van der Waals surface area (Å²) >= 11 is 0. The van der Waals surface area contributed by atoms with Gasteiger partial charge in [0.05, 0.1) is 35.6 Å². The van der Waals surface area contributed by atoms with Crippen LogP contribution in [0.4, 0.5) is 13.2 Å². The number of fused-ring (bicyclic) bond motifs is 1. The van der Waals surface area contributed by atoms with E-state index in [1.165, 1.54) is 18.5 Å². The maximum absolute atomic E-state index is 13.5. The fourth-order valence-electron chi connectivity index (χ4n) is 3.75. The topological polar surface area (TPSA) is 64.2 Å². The summed E-state index contributed by atoms with van der Waals surface area (Å²) in [7, 11) is 0. The summed E-state index contributed by atoms with van der Waals surface area (Å²) in [5.41, 5.74) is 2.77. The van der Waals surface area contributed by atoms with Crippen molar-refractivity contribution in [3.8, 4) is 11.3 Å². The molecule has 3 aromatic heterocycles. The molecule has 0 aliphatic carbocycles. The van der Waals surface area contributed by atoms with Gasteiger partial charge in [-0.3, -0.25) is 4.79 Å². The van der Waals surface area contributed by atoms with Gasteiger partial charge in [0.2, 0.25) is 0 Å². The molecule has 4 aromatic rings. The Kier molecular flexibility index (Phi) is 5.97. The number of benzene rings is 1. The highest BCUT2D eigenvalue weighted by atomic mass is 19.4. The van der Waals surface area contributed by atoms with E-state index in [0.29, 0.717) is 16.7 Å². The van der Waals surface area contributed by atoms with Crippen LogP contribution in [0, 0.1) is 6.92 Å². The van der Waals surface area contributed by atoms with E-state index in [4.69, 9.17) is 9.40 Å². The minimum absolute atomic E-state index is 0.0560. The van der Waals surface area contributed by atoms with Crippen LogP contribution in [0.3, 0.4) is 0 Å². The molecule has 0 aliphatic rings. The second kappa shape index (κ2) is 8.73. The second-order valence-corrected chi connectivity index (χ2v) is 8.15. The fourth-order valence-corrected chi connectivity index (χ4v) is 3.75.